The summed E-state index contributed by atoms with van der Waals surface area (Å²) >= 11 is 5.96. The fourth-order valence-electron chi connectivity index (χ4n) is 2.55. The number of rotatable bonds is 4. The van der Waals surface area contributed by atoms with Gasteiger partial charge in [0.2, 0.25) is 0 Å². The molecule has 3 rings (SSSR count). The number of hydrogen-bond acceptors (Lipinski definition) is 3. The third-order valence-electron chi connectivity index (χ3n) is 3.70. The van der Waals surface area contributed by atoms with Crippen LogP contribution in [0.4, 0.5) is 0 Å². The molecule has 0 atom stereocenters. The van der Waals surface area contributed by atoms with Crippen molar-refractivity contribution in [3.8, 4) is 5.69 Å². The van der Waals surface area contributed by atoms with Gasteiger partial charge in [0.15, 0.2) is 5.82 Å². The van der Waals surface area contributed by atoms with Crippen molar-refractivity contribution in [3.05, 3.63) is 82.9 Å². The second kappa shape index (κ2) is 6.36. The van der Waals surface area contributed by atoms with Gasteiger partial charge in [-0.2, -0.15) is 0 Å². The normalized spacial score (nSPS) is 10.7. The molecule has 0 saturated heterocycles. The molecule has 116 valence electrons. The highest BCUT2D eigenvalue weighted by atomic mass is 35.5. The van der Waals surface area contributed by atoms with Crippen LogP contribution in [-0.2, 0) is 6.61 Å². The lowest BCUT2D eigenvalue weighted by atomic mass is 9.98. The second-order valence-electron chi connectivity index (χ2n) is 5.16. The van der Waals surface area contributed by atoms with Gasteiger partial charge in [0.1, 0.15) is 12.4 Å². The molecule has 0 radical (unpaired) electrons. The number of aromatic nitrogens is 3. The zero-order valence-electron chi connectivity index (χ0n) is 12.7. The Labute approximate surface area is 139 Å². The van der Waals surface area contributed by atoms with Gasteiger partial charge < -0.3 is 5.11 Å². The Morgan fingerprint density at radius 2 is 1.83 bits per heavy atom. The maximum atomic E-state index is 9.51. The zero-order valence-corrected chi connectivity index (χ0v) is 13.5. The summed E-state index contributed by atoms with van der Waals surface area (Å²) in [6.45, 7) is 5.90. The Bertz CT molecular complexity index is 853. The maximum Gasteiger partial charge on any atom is 0.163 e. The number of hydrogen-bond donors (Lipinski definition) is 1. The van der Waals surface area contributed by atoms with Crippen LogP contribution in [0.25, 0.3) is 11.3 Å². The fraction of sp³-hybridized carbons (Fsp3) is 0.111. The van der Waals surface area contributed by atoms with E-state index in [1.807, 2.05) is 60.0 Å². The van der Waals surface area contributed by atoms with Crippen LogP contribution in [0.5, 0.6) is 0 Å². The van der Waals surface area contributed by atoms with Gasteiger partial charge in [-0.1, -0.05) is 48.5 Å². The van der Waals surface area contributed by atoms with E-state index in [1.54, 1.807) is 0 Å². The minimum Gasteiger partial charge on any atom is -0.388 e. The summed E-state index contributed by atoms with van der Waals surface area (Å²) < 4.78 is 1.84. The van der Waals surface area contributed by atoms with E-state index < -0.39 is 0 Å². The molecule has 3 aromatic rings. The molecule has 0 saturated carbocycles. The van der Waals surface area contributed by atoms with Gasteiger partial charge in [-0.05, 0) is 36.3 Å². The van der Waals surface area contributed by atoms with Crippen LogP contribution in [0.2, 0.25) is 5.02 Å². The average molecular weight is 326 g/mol. The topological polar surface area (TPSA) is 50.9 Å². The molecule has 0 spiro atoms. The molecule has 2 aromatic carbocycles. The zero-order chi connectivity index (χ0) is 16.4. The third kappa shape index (κ3) is 2.91. The molecular weight excluding hydrogens is 310 g/mol. The van der Waals surface area contributed by atoms with Crippen molar-refractivity contribution < 1.29 is 5.11 Å². The molecule has 4 nitrogen and oxygen atoms in total. The minimum absolute atomic E-state index is 0.178. The maximum absolute atomic E-state index is 9.51. The highest BCUT2D eigenvalue weighted by Gasteiger charge is 2.15. The summed E-state index contributed by atoms with van der Waals surface area (Å²) in [5.74, 6) is 1.21. The van der Waals surface area contributed by atoms with E-state index in [1.165, 1.54) is 0 Å². The lowest BCUT2D eigenvalue weighted by Crippen LogP contribution is -2.06. The lowest BCUT2D eigenvalue weighted by Gasteiger charge is -2.15. The van der Waals surface area contributed by atoms with Crippen LogP contribution < -0.4 is 0 Å². The Hall–Kier alpha value is -2.43. The van der Waals surface area contributed by atoms with Gasteiger partial charge >= 0.3 is 0 Å². The third-order valence-corrected chi connectivity index (χ3v) is 3.95. The number of para-hydroxylation sites is 1. The molecule has 23 heavy (non-hydrogen) atoms. The Morgan fingerprint density at radius 1 is 1.13 bits per heavy atom. The van der Waals surface area contributed by atoms with Crippen LogP contribution in [-0.4, -0.2) is 19.9 Å². The number of aryl methyl sites for hydroxylation is 1. The van der Waals surface area contributed by atoms with E-state index in [9.17, 15) is 5.11 Å². The van der Waals surface area contributed by atoms with E-state index in [-0.39, 0.29) is 6.61 Å². The number of benzene rings is 2. The average Bonchev–Trinajstić information content (AvgIpc) is 2.95. The minimum atomic E-state index is -0.178. The van der Waals surface area contributed by atoms with Gasteiger partial charge in [0, 0.05) is 10.6 Å². The SMILES string of the molecule is C=C(c1ccc(Cl)cc1)c1ccccc1-n1c(C)nnc1CO. The molecular formula is C18H16ClN3O. The van der Waals surface area contributed by atoms with Gasteiger partial charge in [-0.25, -0.2) is 0 Å². The van der Waals surface area contributed by atoms with Gasteiger partial charge in [0.05, 0.1) is 5.69 Å². The highest BCUT2D eigenvalue weighted by Crippen LogP contribution is 2.29. The number of aliphatic hydroxyl groups is 1. The van der Waals surface area contributed by atoms with Crippen LogP contribution in [0.3, 0.4) is 0 Å². The predicted octanol–water partition coefficient (Wildman–Crippen LogP) is 3.78. The smallest absolute Gasteiger partial charge is 0.163 e. The summed E-state index contributed by atoms with van der Waals surface area (Å²) in [7, 11) is 0. The van der Waals surface area contributed by atoms with Crippen molar-refractivity contribution in [2.24, 2.45) is 0 Å². The summed E-state index contributed by atoms with van der Waals surface area (Å²) in [4.78, 5) is 0. The van der Waals surface area contributed by atoms with Gasteiger partial charge in [-0.3, -0.25) is 4.57 Å². The van der Waals surface area contributed by atoms with Crippen LogP contribution in [0.15, 0.2) is 55.1 Å². The highest BCUT2D eigenvalue weighted by molar-refractivity contribution is 6.30. The summed E-state index contributed by atoms with van der Waals surface area (Å²) in [6, 6.07) is 15.4. The molecule has 0 bridgehead atoms. The van der Waals surface area contributed by atoms with E-state index in [0.717, 1.165) is 22.4 Å². The van der Waals surface area contributed by atoms with Crippen LogP contribution in [0, 0.1) is 6.92 Å². The first-order chi connectivity index (χ1) is 11.1. The molecule has 0 aliphatic rings. The standard InChI is InChI=1S/C18H16ClN3O/c1-12(14-7-9-15(19)10-8-14)16-5-3-4-6-17(16)22-13(2)20-21-18(22)11-23/h3-10,23H,1,11H2,2H3. The molecule has 0 unspecified atom stereocenters. The van der Waals surface area contributed by atoms with E-state index in [0.29, 0.717) is 16.7 Å². The number of halogens is 1. The summed E-state index contributed by atoms with van der Waals surface area (Å²) in [5.41, 5.74) is 3.69. The summed E-state index contributed by atoms with van der Waals surface area (Å²) in [5, 5.41) is 18.3. The fourth-order valence-corrected chi connectivity index (χ4v) is 2.68. The van der Waals surface area contributed by atoms with Gasteiger partial charge in [-0.15, -0.1) is 10.2 Å². The first kappa shape index (κ1) is 15.5. The van der Waals surface area contributed by atoms with E-state index in [2.05, 4.69) is 16.8 Å². The molecule has 0 aliphatic heterocycles. The Kier molecular flexibility index (Phi) is 4.28. The molecule has 0 aliphatic carbocycles. The van der Waals surface area contributed by atoms with Gasteiger partial charge in [0.25, 0.3) is 0 Å². The number of aliphatic hydroxyl groups excluding tert-OH is 1. The van der Waals surface area contributed by atoms with Crippen molar-refractivity contribution >= 4 is 17.2 Å². The molecule has 5 heteroatoms. The lowest BCUT2D eigenvalue weighted by molar-refractivity contribution is 0.268. The van der Waals surface area contributed by atoms with E-state index in [4.69, 9.17) is 11.6 Å². The second-order valence-corrected chi connectivity index (χ2v) is 5.60. The van der Waals surface area contributed by atoms with Crippen molar-refractivity contribution in [3.63, 3.8) is 0 Å². The first-order valence-corrected chi connectivity index (χ1v) is 7.56. The van der Waals surface area contributed by atoms with Crippen LogP contribution in [0.1, 0.15) is 22.8 Å². The number of nitrogens with zero attached hydrogens (tertiary/aromatic N) is 3. The van der Waals surface area contributed by atoms with Crippen molar-refractivity contribution in [1.29, 1.82) is 0 Å². The quantitative estimate of drug-likeness (QED) is 0.794. The molecule has 1 aromatic heterocycles. The monoisotopic (exact) mass is 325 g/mol. The predicted molar refractivity (Wildman–Crippen MR) is 91.6 cm³/mol. The van der Waals surface area contributed by atoms with E-state index >= 15 is 0 Å². The largest absolute Gasteiger partial charge is 0.388 e. The molecule has 1 heterocycles. The van der Waals surface area contributed by atoms with Crippen molar-refractivity contribution in [1.82, 2.24) is 14.8 Å². The first-order valence-electron chi connectivity index (χ1n) is 7.18. The molecule has 0 amide bonds. The summed E-state index contributed by atoms with van der Waals surface area (Å²) in [6.07, 6.45) is 0. The Morgan fingerprint density at radius 3 is 2.52 bits per heavy atom. The van der Waals surface area contributed by atoms with Crippen LogP contribution >= 0.6 is 11.6 Å². The Balaban J connectivity index is 2.13. The molecule has 1 N–H and O–H groups in total. The van der Waals surface area contributed by atoms with Crippen molar-refractivity contribution in [2.45, 2.75) is 13.5 Å². The van der Waals surface area contributed by atoms with Crippen molar-refractivity contribution in [2.75, 3.05) is 0 Å². The molecule has 0 fully saturated rings.